The molecule has 18 heavy (non-hydrogen) atoms. The monoisotopic (exact) mass is 269 g/mol. The normalized spacial score (nSPS) is 24.3. The summed E-state index contributed by atoms with van der Waals surface area (Å²) >= 11 is 6.52. The van der Waals surface area contributed by atoms with Gasteiger partial charge in [-0.15, -0.1) is 0 Å². The number of benzene rings is 1. The summed E-state index contributed by atoms with van der Waals surface area (Å²) in [6.45, 7) is 1.93. The molecule has 1 N–H and O–H groups in total. The van der Waals surface area contributed by atoms with E-state index >= 15 is 0 Å². The lowest BCUT2D eigenvalue weighted by Gasteiger charge is -2.26. The number of esters is 1. The fourth-order valence-corrected chi connectivity index (χ4v) is 2.20. The third kappa shape index (κ3) is 2.83. The number of carbonyl (C=O) groups excluding carboxylic acids is 1. The van der Waals surface area contributed by atoms with E-state index in [1.165, 1.54) is 7.11 Å². The van der Waals surface area contributed by atoms with Crippen molar-refractivity contribution in [2.45, 2.75) is 11.4 Å². The fourth-order valence-electron chi connectivity index (χ4n) is 1.90. The summed E-state index contributed by atoms with van der Waals surface area (Å²) in [5.74, 6) is -0.352. The molecular formula is C13H16ClNO3. The number of carbonyl (C=O) groups is 1. The Bertz CT molecular complexity index is 411. The van der Waals surface area contributed by atoms with Gasteiger partial charge in [0.1, 0.15) is 5.00 Å². The van der Waals surface area contributed by atoms with Gasteiger partial charge in [0.15, 0.2) is 0 Å². The molecule has 1 aliphatic heterocycles. The summed E-state index contributed by atoms with van der Waals surface area (Å²) in [6.07, 6.45) is 0.939. The molecule has 5 heteroatoms. The molecule has 1 heterocycles. The Morgan fingerprint density at radius 3 is 2.83 bits per heavy atom. The Hall–Kier alpha value is -1.10. The van der Waals surface area contributed by atoms with E-state index in [2.05, 4.69) is 10.1 Å². The molecule has 0 spiro atoms. The summed E-state index contributed by atoms with van der Waals surface area (Å²) in [7, 11) is 1.36. The van der Waals surface area contributed by atoms with E-state index < -0.39 is 5.00 Å². The molecule has 1 fully saturated rings. The SMILES string of the molecule is COC(=O)c1ccc(C2(Cl)COCCCN2)cc1. The molecule has 2 rings (SSSR count). The molecule has 98 valence electrons. The molecular weight excluding hydrogens is 254 g/mol. The third-order valence-electron chi connectivity index (χ3n) is 2.94. The Labute approximate surface area is 111 Å². The highest BCUT2D eigenvalue weighted by Gasteiger charge is 2.30. The summed E-state index contributed by atoms with van der Waals surface area (Å²) in [5.41, 5.74) is 1.40. The molecule has 4 nitrogen and oxygen atoms in total. The van der Waals surface area contributed by atoms with Crippen molar-refractivity contribution in [2.24, 2.45) is 0 Å². The van der Waals surface area contributed by atoms with E-state index in [1.54, 1.807) is 12.1 Å². The van der Waals surface area contributed by atoms with Crippen LogP contribution in [0.15, 0.2) is 24.3 Å². The first kappa shape index (κ1) is 13.3. The maximum Gasteiger partial charge on any atom is 0.337 e. The highest BCUT2D eigenvalue weighted by Crippen LogP contribution is 2.28. The molecule has 1 aliphatic rings. The van der Waals surface area contributed by atoms with Crippen LogP contribution in [0.3, 0.4) is 0 Å². The van der Waals surface area contributed by atoms with Gasteiger partial charge >= 0.3 is 5.97 Å². The van der Waals surface area contributed by atoms with E-state index in [9.17, 15) is 4.79 Å². The standard InChI is InChI=1S/C13H16ClNO3/c1-17-12(16)10-3-5-11(6-4-10)13(14)9-18-8-2-7-15-13/h3-6,15H,2,7-9H2,1H3. The van der Waals surface area contributed by atoms with Crippen molar-refractivity contribution in [3.63, 3.8) is 0 Å². The van der Waals surface area contributed by atoms with Crippen molar-refractivity contribution >= 4 is 17.6 Å². The van der Waals surface area contributed by atoms with Crippen molar-refractivity contribution in [2.75, 3.05) is 26.9 Å². The Morgan fingerprint density at radius 2 is 2.17 bits per heavy atom. The first-order valence-electron chi connectivity index (χ1n) is 5.86. The van der Waals surface area contributed by atoms with Crippen molar-refractivity contribution in [3.05, 3.63) is 35.4 Å². The van der Waals surface area contributed by atoms with Crippen molar-refractivity contribution in [3.8, 4) is 0 Å². The van der Waals surface area contributed by atoms with E-state index in [4.69, 9.17) is 16.3 Å². The number of hydrogen-bond donors (Lipinski definition) is 1. The van der Waals surface area contributed by atoms with Gasteiger partial charge in [0.2, 0.25) is 0 Å². The van der Waals surface area contributed by atoms with E-state index in [1.807, 2.05) is 12.1 Å². The van der Waals surface area contributed by atoms with Gasteiger partial charge in [-0.1, -0.05) is 23.7 Å². The van der Waals surface area contributed by atoms with Crippen molar-refractivity contribution < 1.29 is 14.3 Å². The Kier molecular flexibility index (Phi) is 4.22. The minimum atomic E-state index is -0.717. The van der Waals surface area contributed by atoms with Crippen LogP contribution in [0, 0.1) is 0 Å². The molecule has 0 amide bonds. The molecule has 1 saturated heterocycles. The molecule has 0 radical (unpaired) electrons. The topological polar surface area (TPSA) is 47.6 Å². The average molecular weight is 270 g/mol. The van der Waals surface area contributed by atoms with E-state index in [-0.39, 0.29) is 5.97 Å². The first-order chi connectivity index (χ1) is 8.65. The molecule has 0 aromatic heterocycles. The Morgan fingerprint density at radius 1 is 1.44 bits per heavy atom. The zero-order valence-corrected chi connectivity index (χ0v) is 11.0. The van der Waals surface area contributed by atoms with Crippen LogP contribution in [0.5, 0.6) is 0 Å². The van der Waals surface area contributed by atoms with Gasteiger partial charge in [-0.05, 0) is 30.7 Å². The first-order valence-corrected chi connectivity index (χ1v) is 6.24. The fraction of sp³-hybridized carbons (Fsp3) is 0.462. The zero-order chi connectivity index (χ0) is 13.0. The molecule has 1 unspecified atom stereocenters. The number of nitrogens with one attached hydrogen (secondary N) is 1. The van der Waals surface area contributed by atoms with Gasteiger partial charge in [0, 0.05) is 6.61 Å². The van der Waals surface area contributed by atoms with Gasteiger partial charge in [0.05, 0.1) is 19.3 Å². The van der Waals surface area contributed by atoms with Gasteiger partial charge in [-0.25, -0.2) is 4.79 Å². The lowest BCUT2D eigenvalue weighted by Crippen LogP contribution is -2.39. The van der Waals surface area contributed by atoms with Crippen LogP contribution in [-0.2, 0) is 14.5 Å². The van der Waals surface area contributed by atoms with Gasteiger partial charge in [0.25, 0.3) is 0 Å². The van der Waals surface area contributed by atoms with Crippen LogP contribution in [0.1, 0.15) is 22.3 Å². The van der Waals surface area contributed by atoms with Crippen LogP contribution in [0.25, 0.3) is 0 Å². The predicted molar refractivity (Wildman–Crippen MR) is 68.8 cm³/mol. The lowest BCUT2D eigenvalue weighted by molar-refractivity contribution is 0.0600. The summed E-state index contributed by atoms with van der Waals surface area (Å²) in [5, 5.41) is 3.26. The minimum Gasteiger partial charge on any atom is -0.465 e. The van der Waals surface area contributed by atoms with Crippen molar-refractivity contribution in [1.82, 2.24) is 5.32 Å². The number of halogens is 1. The van der Waals surface area contributed by atoms with Gasteiger partial charge in [-0.2, -0.15) is 0 Å². The number of alkyl halides is 1. The molecule has 0 aliphatic carbocycles. The second-order valence-electron chi connectivity index (χ2n) is 4.20. The maximum atomic E-state index is 11.3. The number of hydrogen-bond acceptors (Lipinski definition) is 4. The van der Waals surface area contributed by atoms with E-state index in [0.29, 0.717) is 18.8 Å². The summed E-state index contributed by atoms with van der Waals surface area (Å²) in [6, 6.07) is 7.05. The van der Waals surface area contributed by atoms with Gasteiger partial charge in [-0.3, -0.25) is 5.32 Å². The molecule has 1 aromatic carbocycles. The van der Waals surface area contributed by atoms with Crippen LogP contribution in [0.2, 0.25) is 0 Å². The smallest absolute Gasteiger partial charge is 0.337 e. The maximum absolute atomic E-state index is 11.3. The largest absolute Gasteiger partial charge is 0.465 e. The number of ether oxygens (including phenoxy) is 2. The number of methoxy groups -OCH3 is 1. The van der Waals surface area contributed by atoms with E-state index in [0.717, 1.165) is 18.5 Å². The number of rotatable bonds is 2. The highest BCUT2D eigenvalue weighted by molar-refractivity contribution is 6.23. The van der Waals surface area contributed by atoms with Crippen LogP contribution in [0.4, 0.5) is 0 Å². The van der Waals surface area contributed by atoms with Gasteiger partial charge < -0.3 is 9.47 Å². The van der Waals surface area contributed by atoms with Crippen LogP contribution in [-0.4, -0.2) is 32.8 Å². The quantitative estimate of drug-likeness (QED) is 0.506. The van der Waals surface area contributed by atoms with Crippen molar-refractivity contribution in [1.29, 1.82) is 0 Å². The molecule has 1 aromatic rings. The molecule has 0 saturated carbocycles. The summed E-state index contributed by atoms with van der Waals surface area (Å²) in [4.78, 5) is 10.6. The second-order valence-corrected chi connectivity index (χ2v) is 4.85. The lowest BCUT2D eigenvalue weighted by atomic mass is 10.0. The summed E-state index contributed by atoms with van der Waals surface area (Å²) < 4.78 is 10.1. The molecule has 1 atom stereocenters. The van der Waals surface area contributed by atoms with Crippen LogP contribution >= 0.6 is 11.6 Å². The van der Waals surface area contributed by atoms with Crippen LogP contribution < -0.4 is 5.32 Å². The molecule has 0 bridgehead atoms. The third-order valence-corrected chi connectivity index (χ3v) is 3.40. The predicted octanol–water partition coefficient (Wildman–Crippen LogP) is 1.87. The minimum absolute atomic E-state index is 0.352. The zero-order valence-electron chi connectivity index (χ0n) is 10.2. The average Bonchev–Trinajstić information content (AvgIpc) is 2.64. The second kappa shape index (κ2) is 5.69. The highest BCUT2D eigenvalue weighted by atomic mass is 35.5. The Balaban J connectivity index is 2.19.